The number of carbonyl (C=O) groups excluding carboxylic acids is 1. The van der Waals surface area contributed by atoms with Crippen LogP contribution in [0.2, 0.25) is 18.1 Å². The lowest BCUT2D eigenvalue weighted by molar-refractivity contribution is -0.158. The molecule has 2 aromatic carbocycles. The first-order chi connectivity index (χ1) is 29.7. The number of rotatable bonds is 15. The zero-order valence-electron chi connectivity index (χ0n) is 34.8. The van der Waals surface area contributed by atoms with E-state index in [1.165, 1.54) is 6.33 Å². The molecule has 6 rings (SSSR count). The van der Waals surface area contributed by atoms with Crippen molar-refractivity contribution >= 4 is 25.3 Å². The molecule has 3 aromatic heterocycles. The van der Waals surface area contributed by atoms with Crippen LogP contribution in [-0.4, -0.2) is 51.6 Å². The SMILES string of the molecule is CC[Si](CC)(CCCC(C)(C)C(=O)OCn1ccc2c(-c3cn[nH]c3)ncnc21)OC(c1cc(C(F)(F)F)cc(C(F)(F)F)c1)(c1cc(C(F)(F)F)cc(C(F)(F)F)c1)C1CCCN1. The van der Waals surface area contributed by atoms with Crippen LogP contribution in [0.15, 0.2) is 67.4 Å². The Balaban J connectivity index is 1.39. The molecule has 0 saturated carbocycles. The highest BCUT2D eigenvalue weighted by atomic mass is 28.4. The standard InChI is InChI=1S/C42H44F12N6O3Si/c1-5-64(6-2,14-8-11-37(3,4)36(61)62-24-60-13-10-32-34(25-21-58-59-22-25)56-23-57-35(32)60)63-38(33-9-7-12-55-33,26-15-28(39(43,44)45)19-29(16-26)40(46,47)48)27-17-30(41(49,50)51)20-31(18-27)42(52,53)54/h10,13,15-23,33,55H,5-9,11-12,14,24H2,1-4H3,(H,58,59). The largest absolute Gasteiger partial charge is 0.443 e. The predicted molar refractivity (Wildman–Crippen MR) is 212 cm³/mol. The van der Waals surface area contributed by atoms with Gasteiger partial charge in [-0.05, 0) is 111 Å². The Labute approximate surface area is 360 Å². The molecule has 1 aliphatic rings. The second-order valence-corrected chi connectivity index (χ2v) is 21.0. The van der Waals surface area contributed by atoms with E-state index < -0.39 is 89.4 Å². The summed E-state index contributed by atoms with van der Waals surface area (Å²) < 4.78 is 188. The number of fused-ring (bicyclic) bond motifs is 1. The second kappa shape index (κ2) is 17.8. The fraction of sp³-hybridized carbons (Fsp3) is 0.476. The van der Waals surface area contributed by atoms with E-state index in [0.717, 1.165) is 0 Å². The Hall–Kier alpha value is -4.96. The molecule has 64 heavy (non-hydrogen) atoms. The summed E-state index contributed by atoms with van der Waals surface area (Å²) in [6.07, 6.45) is -15.1. The van der Waals surface area contributed by atoms with Crippen molar-refractivity contribution in [2.45, 2.75) is 115 Å². The van der Waals surface area contributed by atoms with Crippen molar-refractivity contribution < 1.29 is 66.6 Å². The number of nitrogens with one attached hydrogen (secondary N) is 2. The first-order valence-electron chi connectivity index (χ1n) is 20.2. The third-order valence-electron chi connectivity index (χ3n) is 11.9. The molecule has 0 aliphatic carbocycles. The lowest BCUT2D eigenvalue weighted by atomic mass is 9.77. The van der Waals surface area contributed by atoms with E-state index in [9.17, 15) is 57.5 Å². The maximum Gasteiger partial charge on any atom is 0.416 e. The van der Waals surface area contributed by atoms with Crippen molar-refractivity contribution in [1.82, 2.24) is 30.0 Å². The van der Waals surface area contributed by atoms with Gasteiger partial charge in [0.05, 0.1) is 39.6 Å². The number of benzene rings is 2. The van der Waals surface area contributed by atoms with Crippen molar-refractivity contribution in [2.75, 3.05) is 6.54 Å². The summed E-state index contributed by atoms with van der Waals surface area (Å²) in [5.74, 6) is -0.642. The number of esters is 1. The number of aromatic nitrogens is 5. The number of alkyl halides is 12. The molecule has 1 atom stereocenters. The Morgan fingerprint density at radius 3 is 1.78 bits per heavy atom. The number of hydrogen-bond acceptors (Lipinski definition) is 7. The molecule has 0 radical (unpaired) electrons. The highest BCUT2D eigenvalue weighted by Gasteiger charge is 2.53. The van der Waals surface area contributed by atoms with E-state index in [0.29, 0.717) is 46.6 Å². The summed E-state index contributed by atoms with van der Waals surface area (Å²) in [6.45, 7) is 6.28. The summed E-state index contributed by atoms with van der Waals surface area (Å²) in [5, 5.41) is 10.2. The Morgan fingerprint density at radius 2 is 1.33 bits per heavy atom. The number of aromatic amines is 1. The lowest BCUT2D eigenvalue weighted by Gasteiger charge is -2.48. The molecule has 9 nitrogen and oxygen atoms in total. The second-order valence-electron chi connectivity index (χ2n) is 16.5. The number of nitrogens with zero attached hydrogens (tertiary/aromatic N) is 4. The van der Waals surface area contributed by atoms with Gasteiger partial charge in [-0.15, -0.1) is 0 Å². The van der Waals surface area contributed by atoms with Crippen molar-refractivity contribution in [2.24, 2.45) is 5.41 Å². The van der Waals surface area contributed by atoms with Crippen LogP contribution in [0.25, 0.3) is 22.3 Å². The number of hydrogen-bond donors (Lipinski definition) is 2. The monoisotopic (exact) mass is 936 g/mol. The molecule has 1 fully saturated rings. The van der Waals surface area contributed by atoms with Gasteiger partial charge in [-0.3, -0.25) is 14.5 Å². The molecule has 348 valence electrons. The molecule has 5 aromatic rings. The molecule has 0 bridgehead atoms. The zero-order chi connectivity index (χ0) is 47.1. The highest BCUT2D eigenvalue weighted by molar-refractivity contribution is 6.73. The fourth-order valence-corrected chi connectivity index (χ4v) is 11.7. The molecular formula is C42H44F12N6O3Si. The van der Waals surface area contributed by atoms with Crippen LogP contribution in [0.1, 0.15) is 86.8 Å². The van der Waals surface area contributed by atoms with Gasteiger partial charge in [0.15, 0.2) is 15.0 Å². The van der Waals surface area contributed by atoms with Gasteiger partial charge in [-0.25, -0.2) is 9.97 Å². The van der Waals surface area contributed by atoms with Crippen LogP contribution in [0.4, 0.5) is 52.7 Å². The number of ether oxygens (including phenoxy) is 1. The normalized spacial score (nSPS) is 15.9. The van der Waals surface area contributed by atoms with E-state index >= 15 is 0 Å². The molecule has 22 heteroatoms. The van der Waals surface area contributed by atoms with Crippen LogP contribution in [-0.2, 0) is 51.0 Å². The quantitative estimate of drug-likeness (QED) is 0.0612. The lowest BCUT2D eigenvalue weighted by Crippen LogP contribution is -2.55. The molecule has 1 saturated heterocycles. The average molecular weight is 937 g/mol. The first kappa shape index (κ1) is 48.5. The van der Waals surface area contributed by atoms with Crippen LogP contribution in [0.3, 0.4) is 0 Å². The molecule has 1 aliphatic heterocycles. The molecular weight excluding hydrogens is 893 g/mol. The third-order valence-corrected chi connectivity index (χ3v) is 16.5. The molecule has 4 heterocycles. The van der Waals surface area contributed by atoms with Gasteiger partial charge in [0.25, 0.3) is 0 Å². The van der Waals surface area contributed by atoms with Gasteiger partial charge in [0.1, 0.15) is 17.6 Å². The number of H-pyrrole nitrogens is 1. The predicted octanol–water partition coefficient (Wildman–Crippen LogP) is 11.9. The van der Waals surface area contributed by atoms with E-state index in [2.05, 4.69) is 25.5 Å². The minimum Gasteiger partial charge on any atom is -0.443 e. The molecule has 1 unspecified atom stereocenters. The van der Waals surface area contributed by atoms with Crippen LogP contribution in [0.5, 0.6) is 0 Å². The summed E-state index contributed by atoms with van der Waals surface area (Å²) in [7, 11) is -3.66. The first-order valence-corrected chi connectivity index (χ1v) is 22.8. The van der Waals surface area contributed by atoms with Crippen LogP contribution < -0.4 is 5.32 Å². The summed E-state index contributed by atoms with van der Waals surface area (Å²) in [4.78, 5) is 22.2. The minimum atomic E-state index is -5.43. The van der Waals surface area contributed by atoms with Gasteiger partial charge < -0.3 is 14.5 Å². The van der Waals surface area contributed by atoms with Gasteiger partial charge in [-0.1, -0.05) is 20.3 Å². The van der Waals surface area contributed by atoms with Crippen molar-refractivity contribution in [3.8, 4) is 11.3 Å². The van der Waals surface area contributed by atoms with Crippen LogP contribution in [0, 0.1) is 5.41 Å². The van der Waals surface area contributed by atoms with E-state index in [4.69, 9.17) is 9.16 Å². The zero-order valence-corrected chi connectivity index (χ0v) is 35.8. The Morgan fingerprint density at radius 1 is 0.797 bits per heavy atom. The minimum absolute atomic E-state index is 0.0529. The van der Waals surface area contributed by atoms with Crippen molar-refractivity contribution in [3.05, 3.63) is 101 Å². The van der Waals surface area contributed by atoms with Gasteiger partial charge >= 0.3 is 30.7 Å². The fourth-order valence-electron chi connectivity index (χ4n) is 8.27. The maximum absolute atomic E-state index is 14.5. The smallest absolute Gasteiger partial charge is 0.416 e. The van der Waals surface area contributed by atoms with Crippen molar-refractivity contribution in [1.29, 1.82) is 0 Å². The van der Waals surface area contributed by atoms with Crippen LogP contribution >= 0.6 is 0 Å². The van der Waals surface area contributed by atoms with E-state index in [1.54, 1.807) is 56.9 Å². The van der Waals surface area contributed by atoms with Gasteiger partial charge in [-0.2, -0.15) is 57.8 Å². The Kier molecular flexibility index (Phi) is 13.5. The van der Waals surface area contributed by atoms with Gasteiger partial charge in [0.2, 0.25) is 0 Å². The van der Waals surface area contributed by atoms with Gasteiger partial charge in [0, 0.05) is 29.4 Å². The topological polar surface area (TPSA) is 107 Å². The maximum atomic E-state index is 14.5. The number of halogens is 12. The summed E-state index contributed by atoms with van der Waals surface area (Å²) in [5.41, 5.74) is -11.3. The summed E-state index contributed by atoms with van der Waals surface area (Å²) >= 11 is 0. The third kappa shape index (κ3) is 10.1. The molecule has 0 spiro atoms. The Bertz CT molecular complexity index is 2280. The number of carbonyl (C=O) groups is 1. The van der Waals surface area contributed by atoms with Crippen molar-refractivity contribution in [3.63, 3.8) is 0 Å². The van der Waals surface area contributed by atoms with E-state index in [1.807, 2.05) is 0 Å². The highest BCUT2D eigenvalue weighted by Crippen LogP contribution is 2.50. The molecule has 0 amide bonds. The average Bonchev–Trinajstić information content (AvgIpc) is 4.04. The summed E-state index contributed by atoms with van der Waals surface area (Å²) in [6, 6.07) is 1.49. The molecule has 2 N–H and O–H groups in total. The van der Waals surface area contributed by atoms with E-state index in [-0.39, 0.29) is 69.2 Å².